The first-order valence-electron chi connectivity index (χ1n) is 7.83. The highest BCUT2D eigenvalue weighted by Crippen LogP contribution is 2.18. The number of aromatic nitrogens is 3. The molecule has 1 N–H and O–H groups in total. The number of amides is 1. The van der Waals surface area contributed by atoms with Crippen LogP contribution in [0.25, 0.3) is 5.69 Å². The summed E-state index contributed by atoms with van der Waals surface area (Å²) in [4.78, 5) is 12.5. The van der Waals surface area contributed by atoms with Crippen molar-refractivity contribution in [3.05, 3.63) is 70.5 Å². The summed E-state index contributed by atoms with van der Waals surface area (Å²) in [5, 5.41) is 11.1. The maximum absolute atomic E-state index is 12.5. The highest BCUT2D eigenvalue weighted by Gasteiger charge is 2.18. The molecule has 0 saturated carbocycles. The fourth-order valence-electron chi connectivity index (χ4n) is 2.64. The van der Waals surface area contributed by atoms with Gasteiger partial charge in [0.25, 0.3) is 5.91 Å². The van der Waals surface area contributed by atoms with Crippen molar-refractivity contribution in [2.24, 2.45) is 0 Å². The molecule has 1 aromatic heterocycles. The van der Waals surface area contributed by atoms with E-state index in [1.54, 1.807) is 4.68 Å². The second kappa shape index (κ2) is 6.28. The van der Waals surface area contributed by atoms with Crippen molar-refractivity contribution in [2.45, 2.75) is 27.7 Å². The molecule has 122 valence electrons. The van der Waals surface area contributed by atoms with E-state index in [0.29, 0.717) is 11.4 Å². The number of anilines is 1. The largest absolute Gasteiger partial charge is 0.321 e. The van der Waals surface area contributed by atoms with E-state index in [1.165, 1.54) is 5.56 Å². The lowest BCUT2D eigenvalue weighted by molar-refractivity contribution is 0.102. The highest BCUT2D eigenvalue weighted by molar-refractivity contribution is 6.03. The number of nitrogens with zero attached hydrogens (tertiary/aromatic N) is 3. The average molecular weight is 320 g/mol. The fraction of sp³-hybridized carbons (Fsp3) is 0.211. The Balaban J connectivity index is 1.89. The molecule has 2 aromatic carbocycles. The molecule has 1 amide bonds. The van der Waals surface area contributed by atoms with E-state index in [0.717, 1.165) is 22.5 Å². The maximum atomic E-state index is 12.5. The van der Waals surface area contributed by atoms with E-state index in [9.17, 15) is 4.79 Å². The maximum Gasteiger partial charge on any atom is 0.278 e. The summed E-state index contributed by atoms with van der Waals surface area (Å²) in [6.45, 7) is 7.93. The van der Waals surface area contributed by atoms with Gasteiger partial charge in [0.15, 0.2) is 5.69 Å². The van der Waals surface area contributed by atoms with E-state index in [-0.39, 0.29) is 5.91 Å². The number of carbonyl (C=O) groups excluding carboxylic acids is 1. The van der Waals surface area contributed by atoms with Crippen molar-refractivity contribution >= 4 is 11.6 Å². The van der Waals surface area contributed by atoms with Crippen LogP contribution in [0.15, 0.2) is 42.5 Å². The molecule has 0 saturated heterocycles. The van der Waals surface area contributed by atoms with Crippen LogP contribution < -0.4 is 5.32 Å². The molecule has 5 nitrogen and oxygen atoms in total. The lowest BCUT2D eigenvalue weighted by Crippen LogP contribution is -2.14. The molecule has 0 aliphatic rings. The molecule has 0 atom stereocenters. The minimum absolute atomic E-state index is 0.257. The summed E-state index contributed by atoms with van der Waals surface area (Å²) in [6, 6.07) is 13.8. The Morgan fingerprint density at radius 3 is 2.29 bits per heavy atom. The summed E-state index contributed by atoms with van der Waals surface area (Å²) in [6.07, 6.45) is 0. The van der Waals surface area contributed by atoms with Crippen LogP contribution in [0.5, 0.6) is 0 Å². The Hall–Kier alpha value is -2.95. The quantitative estimate of drug-likeness (QED) is 0.799. The first-order chi connectivity index (χ1) is 11.5. The number of hydrogen-bond acceptors (Lipinski definition) is 3. The van der Waals surface area contributed by atoms with Crippen LogP contribution in [-0.2, 0) is 0 Å². The van der Waals surface area contributed by atoms with Crippen LogP contribution >= 0.6 is 0 Å². The molecule has 0 aliphatic carbocycles. The van der Waals surface area contributed by atoms with E-state index in [2.05, 4.69) is 21.7 Å². The van der Waals surface area contributed by atoms with Crippen molar-refractivity contribution in [2.75, 3.05) is 5.32 Å². The summed E-state index contributed by atoms with van der Waals surface area (Å²) < 4.78 is 1.71. The Bertz CT molecular complexity index is 894. The number of hydrogen-bond donors (Lipinski definition) is 1. The van der Waals surface area contributed by atoms with E-state index in [1.807, 2.05) is 64.1 Å². The van der Waals surface area contributed by atoms with Crippen molar-refractivity contribution in [3.63, 3.8) is 0 Å². The monoisotopic (exact) mass is 320 g/mol. The number of benzene rings is 2. The van der Waals surface area contributed by atoms with Crippen LogP contribution in [0.1, 0.15) is 32.9 Å². The third kappa shape index (κ3) is 3.06. The van der Waals surface area contributed by atoms with Gasteiger partial charge >= 0.3 is 0 Å². The zero-order valence-electron chi connectivity index (χ0n) is 14.3. The van der Waals surface area contributed by atoms with Gasteiger partial charge in [-0.05, 0) is 51.5 Å². The van der Waals surface area contributed by atoms with Crippen LogP contribution in [0.2, 0.25) is 0 Å². The first-order valence-corrected chi connectivity index (χ1v) is 7.83. The molecule has 5 heteroatoms. The van der Waals surface area contributed by atoms with Crippen molar-refractivity contribution in [1.29, 1.82) is 0 Å². The molecule has 0 radical (unpaired) electrons. The van der Waals surface area contributed by atoms with Gasteiger partial charge in [-0.3, -0.25) is 4.79 Å². The number of carbonyl (C=O) groups is 1. The van der Waals surface area contributed by atoms with Crippen LogP contribution in [0.3, 0.4) is 0 Å². The zero-order chi connectivity index (χ0) is 17.3. The van der Waals surface area contributed by atoms with Gasteiger partial charge in [0, 0.05) is 5.69 Å². The standard InChI is InChI=1S/C19H20N4O/c1-12-5-8-16(9-6-12)20-19(24)18-15(4)23(22-21-18)17-10-7-13(2)11-14(17)3/h5-11H,1-4H3,(H,20,24). The Morgan fingerprint density at radius 2 is 1.62 bits per heavy atom. The van der Waals surface area contributed by atoms with Crippen LogP contribution in [0, 0.1) is 27.7 Å². The van der Waals surface area contributed by atoms with Crippen molar-refractivity contribution < 1.29 is 4.79 Å². The topological polar surface area (TPSA) is 59.8 Å². The van der Waals surface area contributed by atoms with Crippen LogP contribution in [-0.4, -0.2) is 20.9 Å². The molecular formula is C19H20N4O. The predicted molar refractivity (Wildman–Crippen MR) is 94.7 cm³/mol. The first kappa shape index (κ1) is 15.9. The van der Waals surface area contributed by atoms with E-state index >= 15 is 0 Å². The van der Waals surface area contributed by atoms with Gasteiger partial charge in [-0.1, -0.05) is 40.6 Å². The van der Waals surface area contributed by atoms with Gasteiger partial charge < -0.3 is 5.32 Å². The fourth-order valence-corrected chi connectivity index (χ4v) is 2.64. The second-order valence-corrected chi connectivity index (χ2v) is 6.05. The number of aryl methyl sites for hydroxylation is 3. The van der Waals surface area contributed by atoms with Crippen LogP contribution in [0.4, 0.5) is 5.69 Å². The van der Waals surface area contributed by atoms with Crippen molar-refractivity contribution in [3.8, 4) is 5.69 Å². The molecule has 0 spiro atoms. The molecule has 0 fully saturated rings. The number of nitrogens with one attached hydrogen (secondary N) is 1. The minimum atomic E-state index is -0.257. The summed E-state index contributed by atoms with van der Waals surface area (Å²) in [5.41, 5.74) is 6.14. The van der Waals surface area contributed by atoms with Gasteiger partial charge in [0.2, 0.25) is 0 Å². The molecular weight excluding hydrogens is 300 g/mol. The molecule has 0 unspecified atom stereocenters. The smallest absolute Gasteiger partial charge is 0.278 e. The molecule has 0 aliphatic heterocycles. The minimum Gasteiger partial charge on any atom is -0.321 e. The summed E-state index contributed by atoms with van der Waals surface area (Å²) >= 11 is 0. The molecule has 0 bridgehead atoms. The van der Waals surface area contributed by atoms with Gasteiger partial charge in [0.05, 0.1) is 11.4 Å². The molecule has 1 heterocycles. The summed E-state index contributed by atoms with van der Waals surface area (Å²) in [7, 11) is 0. The third-order valence-corrected chi connectivity index (χ3v) is 4.00. The molecule has 24 heavy (non-hydrogen) atoms. The average Bonchev–Trinajstić information content (AvgIpc) is 2.91. The van der Waals surface area contributed by atoms with Gasteiger partial charge in [0.1, 0.15) is 0 Å². The van der Waals surface area contributed by atoms with Gasteiger partial charge in [-0.2, -0.15) is 0 Å². The normalized spacial score (nSPS) is 10.7. The molecule has 3 aromatic rings. The third-order valence-electron chi connectivity index (χ3n) is 4.00. The number of rotatable bonds is 3. The van der Waals surface area contributed by atoms with Gasteiger partial charge in [-0.15, -0.1) is 5.10 Å². The summed E-state index contributed by atoms with van der Waals surface area (Å²) in [5.74, 6) is -0.257. The van der Waals surface area contributed by atoms with E-state index in [4.69, 9.17) is 0 Å². The molecule has 3 rings (SSSR count). The van der Waals surface area contributed by atoms with Crippen molar-refractivity contribution in [1.82, 2.24) is 15.0 Å². The zero-order valence-corrected chi connectivity index (χ0v) is 14.3. The Kier molecular flexibility index (Phi) is 4.16. The lowest BCUT2D eigenvalue weighted by Gasteiger charge is -2.08. The van der Waals surface area contributed by atoms with Gasteiger partial charge in [-0.25, -0.2) is 4.68 Å². The second-order valence-electron chi connectivity index (χ2n) is 6.05. The predicted octanol–water partition coefficient (Wildman–Crippen LogP) is 3.75. The Labute approximate surface area is 141 Å². The van der Waals surface area contributed by atoms with E-state index < -0.39 is 0 Å². The lowest BCUT2D eigenvalue weighted by atomic mass is 10.1. The SMILES string of the molecule is Cc1ccc(NC(=O)c2nnn(-c3ccc(C)cc3C)c2C)cc1. The highest BCUT2D eigenvalue weighted by atomic mass is 16.2. The Morgan fingerprint density at radius 1 is 0.958 bits per heavy atom.